The Hall–Kier alpha value is -0.570. The Morgan fingerprint density at radius 1 is 1.25 bits per heavy atom. The van der Waals surface area contributed by atoms with E-state index >= 15 is 0 Å². The highest BCUT2D eigenvalue weighted by Gasteiger charge is 2.32. The van der Waals surface area contributed by atoms with Crippen molar-refractivity contribution in [3.63, 3.8) is 0 Å². The fourth-order valence-corrected chi connectivity index (χ4v) is 2.32. The van der Waals surface area contributed by atoms with Crippen molar-refractivity contribution in [1.82, 2.24) is 4.90 Å². The van der Waals surface area contributed by atoms with Crippen molar-refractivity contribution in [1.29, 1.82) is 0 Å². The number of likely N-dealkylation sites (tertiary alicyclic amines) is 1. The van der Waals surface area contributed by atoms with Crippen LogP contribution in [0.3, 0.4) is 0 Å². The Balaban J connectivity index is 2.71. The zero-order chi connectivity index (χ0) is 12.3. The van der Waals surface area contributed by atoms with Gasteiger partial charge in [-0.3, -0.25) is 4.79 Å². The Labute approximate surface area is 99.4 Å². The molecule has 1 fully saturated rings. The summed E-state index contributed by atoms with van der Waals surface area (Å²) in [6.07, 6.45) is 3.39. The number of amides is 1. The van der Waals surface area contributed by atoms with Crippen molar-refractivity contribution in [2.75, 3.05) is 6.54 Å². The first-order valence-electron chi connectivity index (χ1n) is 6.51. The number of piperidine rings is 1. The topological polar surface area (TPSA) is 46.3 Å². The SMILES string of the molecule is CC(C)C(C)C(=O)N1CCCCC1C(C)N. The first-order chi connectivity index (χ1) is 7.45. The molecule has 3 atom stereocenters. The van der Waals surface area contributed by atoms with E-state index in [1.165, 1.54) is 6.42 Å². The van der Waals surface area contributed by atoms with E-state index in [4.69, 9.17) is 5.73 Å². The van der Waals surface area contributed by atoms with Crippen LogP contribution in [0.1, 0.15) is 47.0 Å². The Kier molecular flexibility index (Phi) is 4.78. The number of carbonyl (C=O) groups is 1. The van der Waals surface area contributed by atoms with Crippen LogP contribution in [0.2, 0.25) is 0 Å². The summed E-state index contributed by atoms with van der Waals surface area (Å²) < 4.78 is 0. The second kappa shape index (κ2) is 5.67. The van der Waals surface area contributed by atoms with Gasteiger partial charge < -0.3 is 10.6 Å². The number of carbonyl (C=O) groups excluding carboxylic acids is 1. The first kappa shape index (κ1) is 13.5. The van der Waals surface area contributed by atoms with Crippen LogP contribution in [0.15, 0.2) is 0 Å². The van der Waals surface area contributed by atoms with Gasteiger partial charge in [0.05, 0.1) is 0 Å². The summed E-state index contributed by atoms with van der Waals surface area (Å²) in [6, 6.07) is 0.339. The van der Waals surface area contributed by atoms with Crippen LogP contribution in [-0.4, -0.2) is 29.4 Å². The van der Waals surface area contributed by atoms with Gasteiger partial charge in [-0.1, -0.05) is 20.8 Å². The van der Waals surface area contributed by atoms with Gasteiger partial charge in [-0.15, -0.1) is 0 Å². The summed E-state index contributed by atoms with van der Waals surface area (Å²) in [5, 5.41) is 0. The molecule has 1 rings (SSSR count). The highest BCUT2D eigenvalue weighted by atomic mass is 16.2. The molecular formula is C13H26N2O. The average molecular weight is 226 g/mol. The zero-order valence-corrected chi connectivity index (χ0v) is 11.1. The lowest BCUT2D eigenvalue weighted by Gasteiger charge is -2.40. The van der Waals surface area contributed by atoms with Gasteiger partial charge in [-0.2, -0.15) is 0 Å². The van der Waals surface area contributed by atoms with E-state index in [1.807, 2.05) is 18.7 Å². The standard InChI is InChI=1S/C13H26N2O/c1-9(2)10(3)13(16)15-8-6-5-7-12(15)11(4)14/h9-12H,5-8,14H2,1-4H3. The van der Waals surface area contributed by atoms with Gasteiger partial charge in [0.2, 0.25) is 5.91 Å². The monoisotopic (exact) mass is 226 g/mol. The van der Waals surface area contributed by atoms with E-state index in [0.29, 0.717) is 5.92 Å². The van der Waals surface area contributed by atoms with Crippen molar-refractivity contribution in [2.45, 2.75) is 59.0 Å². The fourth-order valence-electron chi connectivity index (χ4n) is 2.32. The molecule has 0 saturated carbocycles. The maximum absolute atomic E-state index is 12.3. The maximum Gasteiger partial charge on any atom is 0.225 e. The molecule has 1 saturated heterocycles. The molecule has 3 unspecified atom stereocenters. The Morgan fingerprint density at radius 2 is 1.88 bits per heavy atom. The molecule has 0 aromatic carbocycles. The highest BCUT2D eigenvalue weighted by Crippen LogP contribution is 2.23. The van der Waals surface area contributed by atoms with Gasteiger partial charge in [0, 0.05) is 24.5 Å². The molecule has 0 radical (unpaired) electrons. The molecule has 3 nitrogen and oxygen atoms in total. The smallest absolute Gasteiger partial charge is 0.225 e. The van der Waals surface area contributed by atoms with Gasteiger partial charge in [0.25, 0.3) is 0 Å². The minimum Gasteiger partial charge on any atom is -0.338 e. The number of rotatable bonds is 3. The van der Waals surface area contributed by atoms with Crippen LogP contribution in [0.4, 0.5) is 0 Å². The lowest BCUT2D eigenvalue weighted by Crippen LogP contribution is -2.53. The molecule has 0 spiro atoms. The van der Waals surface area contributed by atoms with Gasteiger partial charge in [-0.25, -0.2) is 0 Å². The van der Waals surface area contributed by atoms with Crippen LogP contribution < -0.4 is 5.73 Å². The van der Waals surface area contributed by atoms with Gasteiger partial charge >= 0.3 is 0 Å². The second-order valence-corrected chi connectivity index (χ2v) is 5.49. The first-order valence-corrected chi connectivity index (χ1v) is 6.51. The third-order valence-electron chi connectivity index (χ3n) is 3.83. The molecule has 16 heavy (non-hydrogen) atoms. The molecule has 1 aliphatic heterocycles. The fraction of sp³-hybridized carbons (Fsp3) is 0.923. The summed E-state index contributed by atoms with van der Waals surface area (Å²) in [4.78, 5) is 14.4. The normalized spacial score (nSPS) is 25.6. The maximum atomic E-state index is 12.3. The molecule has 1 aliphatic rings. The van der Waals surface area contributed by atoms with Crippen LogP contribution in [0, 0.1) is 11.8 Å². The Bertz CT molecular complexity index is 238. The minimum absolute atomic E-state index is 0.0867. The molecule has 94 valence electrons. The molecule has 3 heteroatoms. The summed E-state index contributed by atoms with van der Waals surface area (Å²) in [6.45, 7) is 9.14. The number of nitrogens with two attached hydrogens (primary N) is 1. The van der Waals surface area contributed by atoms with Gasteiger partial charge in [0.15, 0.2) is 0 Å². The van der Waals surface area contributed by atoms with Gasteiger partial charge in [-0.05, 0) is 32.1 Å². The van der Waals surface area contributed by atoms with E-state index in [1.54, 1.807) is 0 Å². The predicted molar refractivity (Wildman–Crippen MR) is 67.0 cm³/mol. The second-order valence-electron chi connectivity index (χ2n) is 5.49. The number of hydrogen-bond acceptors (Lipinski definition) is 2. The average Bonchev–Trinajstić information content (AvgIpc) is 2.26. The molecule has 0 aromatic heterocycles. The van der Waals surface area contributed by atoms with Crippen molar-refractivity contribution < 1.29 is 4.79 Å². The third-order valence-corrected chi connectivity index (χ3v) is 3.83. The van der Waals surface area contributed by atoms with E-state index in [-0.39, 0.29) is 23.9 Å². The van der Waals surface area contributed by atoms with Crippen molar-refractivity contribution in [3.05, 3.63) is 0 Å². The van der Waals surface area contributed by atoms with Crippen LogP contribution in [0.25, 0.3) is 0 Å². The molecule has 1 heterocycles. The largest absolute Gasteiger partial charge is 0.338 e. The van der Waals surface area contributed by atoms with Crippen LogP contribution >= 0.6 is 0 Å². The molecule has 0 aromatic rings. The quantitative estimate of drug-likeness (QED) is 0.800. The van der Waals surface area contributed by atoms with Crippen LogP contribution in [0.5, 0.6) is 0 Å². The minimum atomic E-state index is 0.0867. The zero-order valence-electron chi connectivity index (χ0n) is 11.1. The third kappa shape index (κ3) is 2.97. The van der Waals surface area contributed by atoms with Gasteiger partial charge in [0.1, 0.15) is 0 Å². The lowest BCUT2D eigenvalue weighted by molar-refractivity contribution is -0.140. The van der Waals surface area contributed by atoms with Crippen molar-refractivity contribution in [3.8, 4) is 0 Å². The van der Waals surface area contributed by atoms with E-state index in [0.717, 1.165) is 19.4 Å². The molecule has 0 aliphatic carbocycles. The summed E-state index contributed by atoms with van der Waals surface area (Å²) in [7, 11) is 0. The number of nitrogens with zero attached hydrogens (tertiary/aromatic N) is 1. The number of hydrogen-bond donors (Lipinski definition) is 1. The predicted octanol–water partition coefficient (Wildman–Crippen LogP) is 2.01. The molecular weight excluding hydrogens is 200 g/mol. The summed E-state index contributed by atoms with van der Waals surface area (Å²) in [5.74, 6) is 0.805. The molecule has 0 bridgehead atoms. The van der Waals surface area contributed by atoms with E-state index in [9.17, 15) is 4.79 Å². The van der Waals surface area contributed by atoms with Crippen LogP contribution in [-0.2, 0) is 4.79 Å². The lowest BCUT2D eigenvalue weighted by atomic mass is 9.91. The summed E-state index contributed by atoms with van der Waals surface area (Å²) >= 11 is 0. The molecule has 1 amide bonds. The Morgan fingerprint density at radius 3 is 2.38 bits per heavy atom. The van der Waals surface area contributed by atoms with Crippen molar-refractivity contribution in [2.24, 2.45) is 17.6 Å². The van der Waals surface area contributed by atoms with E-state index < -0.39 is 0 Å². The van der Waals surface area contributed by atoms with Crippen molar-refractivity contribution >= 4 is 5.91 Å². The van der Waals surface area contributed by atoms with E-state index in [2.05, 4.69) is 13.8 Å². The highest BCUT2D eigenvalue weighted by molar-refractivity contribution is 5.79. The molecule has 2 N–H and O–H groups in total. The summed E-state index contributed by atoms with van der Waals surface area (Å²) in [5.41, 5.74) is 5.98.